The molecule has 0 aromatic heterocycles. The first-order valence-corrected chi connectivity index (χ1v) is 7.08. The summed E-state index contributed by atoms with van der Waals surface area (Å²) < 4.78 is 0.674. The van der Waals surface area contributed by atoms with Crippen molar-refractivity contribution in [1.29, 1.82) is 0 Å². The molecular weight excluding hydrogens is 204 g/mol. The number of hydrogen-bond donors (Lipinski definition) is 0. The molecule has 0 spiro atoms. The molecule has 1 aromatic carbocycles. The first-order chi connectivity index (χ1) is 5.97. The van der Waals surface area contributed by atoms with Crippen LogP contribution in [0.5, 0.6) is 0 Å². The Hall–Kier alpha value is 0.270. The predicted octanol–water partition coefficient (Wildman–Crippen LogP) is 3.81. The van der Waals surface area contributed by atoms with Gasteiger partial charge >= 0.3 is 0 Å². The molecule has 1 aromatic rings. The smallest absolute Gasteiger partial charge is 0.0767 e. The zero-order chi connectivity index (χ0) is 8.23. The van der Waals surface area contributed by atoms with Crippen LogP contribution in [-0.4, -0.2) is 10.2 Å². The molecule has 64 valence electrons. The summed E-state index contributed by atoms with van der Waals surface area (Å²) in [5.74, 6) is 0. The van der Waals surface area contributed by atoms with Gasteiger partial charge in [-0.25, -0.2) is 0 Å². The Morgan fingerprint density at radius 1 is 1.00 bits per heavy atom. The number of rotatable bonds is 1. The molecule has 0 amide bonds. The van der Waals surface area contributed by atoms with E-state index in [4.69, 9.17) is 0 Å². The van der Waals surface area contributed by atoms with Gasteiger partial charge in [0.15, 0.2) is 0 Å². The lowest BCUT2D eigenvalue weighted by atomic mass is 10.2. The van der Waals surface area contributed by atoms with E-state index in [2.05, 4.69) is 30.3 Å². The van der Waals surface area contributed by atoms with E-state index in [0.717, 1.165) is 0 Å². The fourth-order valence-corrected chi connectivity index (χ4v) is 5.83. The summed E-state index contributed by atoms with van der Waals surface area (Å²) in [6.45, 7) is 0. The average molecular weight is 214 g/mol. The molecule has 0 nitrogen and oxygen atoms in total. The molecule has 0 bridgehead atoms. The van der Waals surface area contributed by atoms with E-state index in [1.165, 1.54) is 15.7 Å². The number of thioether (sulfide) groups is 3. The second kappa shape index (κ2) is 4.49. The molecule has 0 aliphatic carbocycles. The van der Waals surface area contributed by atoms with Gasteiger partial charge in [0.2, 0.25) is 0 Å². The third-order valence-electron chi connectivity index (χ3n) is 1.68. The molecule has 0 saturated carbocycles. The van der Waals surface area contributed by atoms with Gasteiger partial charge in [-0.2, -0.15) is 0 Å². The van der Waals surface area contributed by atoms with Gasteiger partial charge in [0.25, 0.3) is 0 Å². The third-order valence-corrected chi connectivity index (χ3v) is 6.07. The van der Waals surface area contributed by atoms with Crippen LogP contribution < -0.4 is 0 Å². The molecule has 0 unspecified atom stereocenters. The van der Waals surface area contributed by atoms with Crippen molar-refractivity contribution in [3.05, 3.63) is 35.9 Å². The minimum Gasteiger partial charge on any atom is -0.140 e. The average Bonchev–Trinajstić information content (AvgIpc) is 2.21. The van der Waals surface area contributed by atoms with Gasteiger partial charge in [0, 0.05) is 10.2 Å². The molecule has 2 rings (SSSR count). The standard InChI is InChI=1S/C9H10S3/c1-2-4-8(5-3-1)9-11-6-10-7-12-9/h1-5,9H,6-7H2. The van der Waals surface area contributed by atoms with Crippen LogP contribution in [0, 0.1) is 0 Å². The van der Waals surface area contributed by atoms with E-state index in [1.807, 2.05) is 35.3 Å². The van der Waals surface area contributed by atoms with Crippen molar-refractivity contribution in [1.82, 2.24) is 0 Å². The highest BCUT2D eigenvalue weighted by atomic mass is 32.3. The van der Waals surface area contributed by atoms with Crippen molar-refractivity contribution in [2.75, 3.05) is 10.2 Å². The topological polar surface area (TPSA) is 0 Å². The summed E-state index contributed by atoms with van der Waals surface area (Å²) in [7, 11) is 0. The third kappa shape index (κ3) is 2.15. The zero-order valence-corrected chi connectivity index (χ0v) is 9.05. The Morgan fingerprint density at radius 2 is 1.67 bits per heavy atom. The predicted molar refractivity (Wildman–Crippen MR) is 61.7 cm³/mol. The van der Waals surface area contributed by atoms with Crippen molar-refractivity contribution in [2.24, 2.45) is 0 Å². The van der Waals surface area contributed by atoms with E-state index < -0.39 is 0 Å². The van der Waals surface area contributed by atoms with Gasteiger partial charge in [0.1, 0.15) is 0 Å². The summed E-state index contributed by atoms with van der Waals surface area (Å²) in [4.78, 5) is 0. The molecule has 0 atom stereocenters. The SMILES string of the molecule is c1ccc(C2SCSCS2)cc1. The van der Waals surface area contributed by atoms with E-state index >= 15 is 0 Å². The maximum atomic E-state index is 2.22. The molecule has 3 heteroatoms. The van der Waals surface area contributed by atoms with Gasteiger partial charge in [-0.15, -0.1) is 35.3 Å². The molecule has 1 aliphatic heterocycles. The van der Waals surface area contributed by atoms with Crippen LogP contribution in [0.2, 0.25) is 0 Å². The Morgan fingerprint density at radius 3 is 2.33 bits per heavy atom. The lowest BCUT2D eigenvalue weighted by Gasteiger charge is -2.20. The summed E-state index contributed by atoms with van der Waals surface area (Å²) in [6, 6.07) is 10.8. The van der Waals surface area contributed by atoms with Crippen LogP contribution in [0.4, 0.5) is 0 Å². The Kier molecular flexibility index (Phi) is 3.31. The highest BCUT2D eigenvalue weighted by Gasteiger charge is 2.15. The highest BCUT2D eigenvalue weighted by Crippen LogP contribution is 2.46. The van der Waals surface area contributed by atoms with Gasteiger partial charge in [-0.05, 0) is 5.56 Å². The van der Waals surface area contributed by atoms with Crippen molar-refractivity contribution < 1.29 is 0 Å². The summed E-state index contributed by atoms with van der Waals surface area (Å²) >= 11 is 6.10. The van der Waals surface area contributed by atoms with E-state index in [0.29, 0.717) is 4.58 Å². The molecule has 1 saturated heterocycles. The quantitative estimate of drug-likeness (QED) is 0.697. The summed E-state index contributed by atoms with van der Waals surface area (Å²) in [6.07, 6.45) is 0. The minimum absolute atomic E-state index is 0.674. The monoisotopic (exact) mass is 214 g/mol. The van der Waals surface area contributed by atoms with Crippen LogP contribution in [0.25, 0.3) is 0 Å². The summed E-state index contributed by atoms with van der Waals surface area (Å²) in [5, 5.41) is 2.49. The number of hydrogen-bond acceptors (Lipinski definition) is 3. The molecule has 0 N–H and O–H groups in total. The Balaban J connectivity index is 2.08. The fraction of sp³-hybridized carbons (Fsp3) is 0.333. The second-order valence-electron chi connectivity index (χ2n) is 2.52. The molecule has 0 radical (unpaired) electrons. The normalized spacial score (nSPS) is 19.3. The Labute approximate surface area is 85.9 Å². The minimum atomic E-state index is 0.674. The van der Waals surface area contributed by atoms with Crippen LogP contribution in [0.3, 0.4) is 0 Å². The van der Waals surface area contributed by atoms with Gasteiger partial charge in [-0.1, -0.05) is 30.3 Å². The molecular formula is C9H10S3. The molecule has 12 heavy (non-hydrogen) atoms. The van der Waals surface area contributed by atoms with Crippen molar-refractivity contribution in [3.63, 3.8) is 0 Å². The van der Waals surface area contributed by atoms with Crippen molar-refractivity contribution in [3.8, 4) is 0 Å². The van der Waals surface area contributed by atoms with Crippen LogP contribution >= 0.6 is 35.3 Å². The van der Waals surface area contributed by atoms with Crippen LogP contribution in [0.1, 0.15) is 10.1 Å². The largest absolute Gasteiger partial charge is 0.140 e. The lowest BCUT2D eigenvalue weighted by Crippen LogP contribution is -1.94. The second-order valence-corrected chi connectivity index (χ2v) is 6.72. The van der Waals surface area contributed by atoms with Gasteiger partial charge in [-0.3, -0.25) is 0 Å². The maximum Gasteiger partial charge on any atom is 0.0767 e. The van der Waals surface area contributed by atoms with Crippen LogP contribution in [0.15, 0.2) is 30.3 Å². The summed E-state index contributed by atoms with van der Waals surface area (Å²) in [5.41, 5.74) is 1.47. The lowest BCUT2D eigenvalue weighted by molar-refractivity contribution is 1.38. The van der Waals surface area contributed by atoms with E-state index in [9.17, 15) is 0 Å². The Bertz CT molecular complexity index is 229. The zero-order valence-electron chi connectivity index (χ0n) is 6.60. The first kappa shape index (κ1) is 8.85. The van der Waals surface area contributed by atoms with Gasteiger partial charge < -0.3 is 0 Å². The van der Waals surface area contributed by atoms with Crippen molar-refractivity contribution >= 4 is 35.3 Å². The maximum absolute atomic E-state index is 2.22. The molecule has 1 fully saturated rings. The fourth-order valence-electron chi connectivity index (χ4n) is 1.10. The molecule has 1 aliphatic rings. The van der Waals surface area contributed by atoms with Crippen molar-refractivity contribution in [2.45, 2.75) is 4.58 Å². The molecule has 1 heterocycles. The van der Waals surface area contributed by atoms with E-state index in [1.54, 1.807) is 0 Å². The van der Waals surface area contributed by atoms with E-state index in [-0.39, 0.29) is 0 Å². The van der Waals surface area contributed by atoms with Gasteiger partial charge in [0.05, 0.1) is 4.58 Å². The van der Waals surface area contributed by atoms with Crippen LogP contribution in [-0.2, 0) is 0 Å². The first-order valence-electron chi connectivity index (χ1n) is 3.83. The highest BCUT2D eigenvalue weighted by molar-refractivity contribution is 8.32. The number of benzene rings is 1.